The number of piperidine rings is 1. The molecule has 2 aliphatic rings. The maximum Gasteiger partial charge on any atom is 0.262 e. The van der Waals surface area contributed by atoms with Crippen LogP contribution in [-0.4, -0.2) is 70.3 Å². The van der Waals surface area contributed by atoms with Gasteiger partial charge >= 0.3 is 0 Å². The number of imide groups is 2. The minimum atomic E-state index is -1.03. The number of hydrogen-bond donors (Lipinski definition) is 1. The van der Waals surface area contributed by atoms with Crippen LogP contribution in [0.3, 0.4) is 0 Å². The number of rotatable bonds is 8. The number of carbonyl (C=O) groups excluding carboxylic acids is 4. The fourth-order valence-electron chi connectivity index (χ4n) is 6.17. The van der Waals surface area contributed by atoms with E-state index in [1.54, 1.807) is 64.1 Å². The lowest BCUT2D eigenvalue weighted by molar-refractivity contribution is -0.136. The quantitative estimate of drug-likeness (QED) is 0.299. The van der Waals surface area contributed by atoms with Gasteiger partial charge in [0.1, 0.15) is 17.5 Å². The summed E-state index contributed by atoms with van der Waals surface area (Å²) in [5.74, 6) is -1.03. The highest BCUT2D eigenvalue weighted by atomic mass is 16.5. The first kappa shape index (κ1) is 29.7. The third-order valence-electron chi connectivity index (χ3n) is 8.33. The second-order valence-electron chi connectivity index (χ2n) is 11.2. The summed E-state index contributed by atoms with van der Waals surface area (Å²) < 4.78 is 13.2. The van der Waals surface area contributed by atoms with Gasteiger partial charge in [0.25, 0.3) is 17.4 Å². The van der Waals surface area contributed by atoms with E-state index < -0.39 is 29.7 Å². The van der Waals surface area contributed by atoms with Crippen LogP contribution in [0, 0.1) is 0 Å². The number of nitrogens with one attached hydrogen (secondary N) is 1. The van der Waals surface area contributed by atoms with Gasteiger partial charge in [-0.25, -0.2) is 0 Å². The molecule has 0 bridgehead atoms. The van der Waals surface area contributed by atoms with Gasteiger partial charge in [-0.3, -0.25) is 44.1 Å². The highest BCUT2D eigenvalue weighted by Gasteiger charge is 2.45. The molecule has 1 atom stereocenters. The van der Waals surface area contributed by atoms with Crippen LogP contribution in [0.15, 0.2) is 59.8 Å². The number of amides is 4. The Morgan fingerprint density at radius 2 is 1.69 bits per heavy atom. The summed E-state index contributed by atoms with van der Waals surface area (Å²) in [6.07, 6.45) is 5.12. The second-order valence-corrected chi connectivity index (χ2v) is 11.2. The Bertz CT molecular complexity index is 1940. The summed E-state index contributed by atoms with van der Waals surface area (Å²) >= 11 is 0. The summed E-state index contributed by atoms with van der Waals surface area (Å²) in [5.41, 5.74) is 3.34. The van der Waals surface area contributed by atoms with Gasteiger partial charge in [-0.05, 0) is 54.2 Å². The molecule has 0 saturated carbocycles. The molecule has 1 unspecified atom stereocenters. The minimum Gasteiger partial charge on any atom is -0.496 e. The fraction of sp³-hybridized carbons (Fsp3) is 0.273. The number of ether oxygens (including phenoxy) is 2. The molecule has 1 N–H and O–H groups in total. The molecule has 1 saturated heterocycles. The molecule has 4 amide bonds. The third-order valence-corrected chi connectivity index (χ3v) is 8.33. The highest BCUT2D eigenvalue weighted by Crippen LogP contribution is 2.38. The van der Waals surface area contributed by atoms with Gasteiger partial charge in [0, 0.05) is 50.7 Å². The van der Waals surface area contributed by atoms with Gasteiger partial charge in [-0.15, -0.1) is 0 Å². The van der Waals surface area contributed by atoms with Crippen molar-refractivity contribution in [3.63, 3.8) is 0 Å². The maximum absolute atomic E-state index is 13.6. The van der Waals surface area contributed by atoms with Crippen molar-refractivity contribution in [3.05, 3.63) is 87.6 Å². The fourth-order valence-corrected chi connectivity index (χ4v) is 6.17. The van der Waals surface area contributed by atoms with Crippen LogP contribution in [0.5, 0.6) is 11.5 Å². The Kier molecular flexibility index (Phi) is 7.67. The van der Waals surface area contributed by atoms with Gasteiger partial charge in [0.2, 0.25) is 11.8 Å². The van der Waals surface area contributed by atoms with E-state index in [1.165, 1.54) is 4.57 Å². The molecule has 12 heteroatoms. The molecule has 4 heterocycles. The van der Waals surface area contributed by atoms with Crippen molar-refractivity contribution in [1.82, 2.24) is 24.7 Å². The van der Waals surface area contributed by atoms with Crippen LogP contribution in [0.25, 0.3) is 21.9 Å². The normalized spacial score (nSPS) is 16.4. The van der Waals surface area contributed by atoms with E-state index in [0.717, 1.165) is 27.0 Å². The average Bonchev–Trinajstić information content (AvgIpc) is 3.28. The molecule has 2 aliphatic heterocycles. The zero-order chi connectivity index (χ0) is 32.0. The van der Waals surface area contributed by atoms with E-state index in [0.29, 0.717) is 35.5 Å². The lowest BCUT2D eigenvalue weighted by Crippen LogP contribution is -2.54. The lowest BCUT2D eigenvalue weighted by atomic mass is 9.98. The van der Waals surface area contributed by atoms with Crippen LogP contribution in [-0.2, 0) is 29.7 Å². The van der Waals surface area contributed by atoms with Crippen molar-refractivity contribution in [2.45, 2.75) is 32.0 Å². The van der Waals surface area contributed by atoms with Crippen molar-refractivity contribution in [2.75, 3.05) is 21.3 Å². The smallest absolute Gasteiger partial charge is 0.262 e. The Labute approximate surface area is 258 Å². The Balaban J connectivity index is 1.30. The Morgan fingerprint density at radius 3 is 2.38 bits per heavy atom. The monoisotopic (exact) mass is 609 g/mol. The average molecular weight is 610 g/mol. The van der Waals surface area contributed by atoms with E-state index in [1.807, 2.05) is 24.1 Å². The number of methoxy groups -OCH3 is 2. The summed E-state index contributed by atoms with van der Waals surface area (Å²) in [7, 11) is 6.71. The van der Waals surface area contributed by atoms with E-state index >= 15 is 0 Å². The molecule has 12 nitrogen and oxygen atoms in total. The summed E-state index contributed by atoms with van der Waals surface area (Å²) in [6, 6.07) is 9.63. The SMILES string of the molecule is COc1cc(-c2cn(C)c(=O)c3cnccc23)cc(OC)c1CN(C)Cc1cccc2c1C(=O)N(C1CCC(=O)NC1=O)C2=O. The molecule has 0 spiro atoms. The predicted octanol–water partition coefficient (Wildman–Crippen LogP) is 2.65. The zero-order valence-electron chi connectivity index (χ0n) is 25.2. The summed E-state index contributed by atoms with van der Waals surface area (Å²) in [5, 5.41) is 3.48. The van der Waals surface area contributed by atoms with E-state index in [4.69, 9.17) is 9.47 Å². The number of nitrogens with zero attached hydrogens (tertiary/aromatic N) is 4. The molecule has 0 radical (unpaired) electrons. The van der Waals surface area contributed by atoms with Crippen LogP contribution in [0.2, 0.25) is 0 Å². The van der Waals surface area contributed by atoms with E-state index in [-0.39, 0.29) is 29.5 Å². The molecule has 4 aromatic rings. The molecular weight excluding hydrogens is 578 g/mol. The van der Waals surface area contributed by atoms with Crippen molar-refractivity contribution >= 4 is 34.4 Å². The van der Waals surface area contributed by atoms with Crippen molar-refractivity contribution < 1.29 is 28.7 Å². The number of pyridine rings is 2. The molecule has 1 fully saturated rings. The second kappa shape index (κ2) is 11.6. The Morgan fingerprint density at radius 1 is 0.956 bits per heavy atom. The highest BCUT2D eigenvalue weighted by molar-refractivity contribution is 6.24. The molecule has 45 heavy (non-hydrogen) atoms. The van der Waals surface area contributed by atoms with Crippen LogP contribution in [0.1, 0.15) is 44.7 Å². The first-order chi connectivity index (χ1) is 21.6. The van der Waals surface area contributed by atoms with Gasteiger partial charge in [0.15, 0.2) is 0 Å². The van der Waals surface area contributed by atoms with Gasteiger partial charge < -0.3 is 14.0 Å². The minimum absolute atomic E-state index is 0.0533. The predicted molar refractivity (Wildman–Crippen MR) is 164 cm³/mol. The van der Waals surface area contributed by atoms with Gasteiger partial charge in [0.05, 0.1) is 36.3 Å². The largest absolute Gasteiger partial charge is 0.496 e. The van der Waals surface area contributed by atoms with Crippen molar-refractivity contribution in [1.29, 1.82) is 0 Å². The number of carbonyl (C=O) groups is 4. The molecular formula is C33H31N5O7. The maximum atomic E-state index is 13.6. The van der Waals surface area contributed by atoms with Crippen LogP contribution < -0.4 is 20.3 Å². The first-order valence-electron chi connectivity index (χ1n) is 14.3. The number of benzene rings is 2. The van der Waals surface area contributed by atoms with Crippen LogP contribution >= 0.6 is 0 Å². The zero-order valence-corrected chi connectivity index (χ0v) is 25.2. The third kappa shape index (κ3) is 5.12. The van der Waals surface area contributed by atoms with Gasteiger partial charge in [-0.2, -0.15) is 0 Å². The summed E-state index contributed by atoms with van der Waals surface area (Å²) in [6.45, 7) is 0.672. The molecule has 0 aliphatic carbocycles. The standard InChI is InChI=1S/C33H31N5O7/c1-36(15-18-6-5-7-21-29(18)33(43)38(32(21)42)25-8-9-28(39)35-30(25)40)16-24-26(44-3)12-19(13-27(24)45-4)23-17-37(2)31(41)22-14-34-11-10-20(22)23/h5-7,10-14,17,25H,8-9,15-16H2,1-4H3,(H,35,39,40). The van der Waals surface area contributed by atoms with Gasteiger partial charge in [-0.1, -0.05) is 12.1 Å². The number of hydrogen-bond acceptors (Lipinski definition) is 9. The number of fused-ring (bicyclic) bond motifs is 2. The molecule has 230 valence electrons. The molecule has 2 aromatic carbocycles. The molecule has 2 aromatic heterocycles. The van der Waals surface area contributed by atoms with E-state index in [9.17, 15) is 24.0 Å². The number of aromatic nitrogens is 2. The molecule has 6 rings (SSSR count). The van der Waals surface area contributed by atoms with E-state index in [2.05, 4.69) is 10.3 Å². The lowest BCUT2D eigenvalue weighted by Gasteiger charge is -2.28. The van der Waals surface area contributed by atoms with Crippen LogP contribution in [0.4, 0.5) is 0 Å². The van der Waals surface area contributed by atoms with Crippen molar-refractivity contribution in [3.8, 4) is 22.6 Å². The Hall–Kier alpha value is -5.36. The number of aryl methyl sites for hydroxylation is 1. The van der Waals surface area contributed by atoms with Crippen molar-refractivity contribution in [2.24, 2.45) is 7.05 Å². The topological polar surface area (TPSA) is 140 Å². The first-order valence-corrected chi connectivity index (χ1v) is 14.3. The summed E-state index contributed by atoms with van der Waals surface area (Å²) in [4.78, 5) is 70.8.